The Balaban J connectivity index is 1.79. The molecule has 0 aliphatic carbocycles. The zero-order valence-electron chi connectivity index (χ0n) is 12.2. The molecule has 2 aromatic carbocycles. The molecule has 106 valence electrons. The van der Waals surface area contributed by atoms with Gasteiger partial charge in [-0.15, -0.1) is 0 Å². The quantitative estimate of drug-likeness (QED) is 0.743. The summed E-state index contributed by atoms with van der Waals surface area (Å²) in [7, 11) is 2.09. The number of rotatable bonds is 4. The van der Waals surface area contributed by atoms with Crippen molar-refractivity contribution in [3.05, 3.63) is 72.1 Å². The van der Waals surface area contributed by atoms with Crippen molar-refractivity contribution in [3.63, 3.8) is 0 Å². The number of nitrogens with zero attached hydrogens (tertiary/aromatic N) is 2. The number of nitrogens with two attached hydrogens (primary N) is 1. The Bertz CT molecular complexity index is 738. The van der Waals surface area contributed by atoms with E-state index in [1.54, 1.807) is 0 Å². The van der Waals surface area contributed by atoms with Gasteiger partial charge in [-0.3, -0.25) is 9.88 Å². The Hall–Kier alpha value is -2.39. The fourth-order valence-electron chi connectivity index (χ4n) is 2.56. The van der Waals surface area contributed by atoms with E-state index >= 15 is 0 Å². The summed E-state index contributed by atoms with van der Waals surface area (Å²) in [5.41, 5.74) is 9.26. The van der Waals surface area contributed by atoms with Gasteiger partial charge in [0.2, 0.25) is 0 Å². The lowest BCUT2D eigenvalue weighted by Crippen LogP contribution is -2.18. The van der Waals surface area contributed by atoms with Gasteiger partial charge in [-0.1, -0.05) is 30.3 Å². The van der Waals surface area contributed by atoms with E-state index in [-0.39, 0.29) is 0 Å². The van der Waals surface area contributed by atoms with Crippen molar-refractivity contribution in [3.8, 4) is 0 Å². The average Bonchev–Trinajstić information content (AvgIpc) is 2.49. The third-order valence-corrected chi connectivity index (χ3v) is 3.61. The van der Waals surface area contributed by atoms with Crippen molar-refractivity contribution in [2.75, 3.05) is 12.8 Å². The maximum absolute atomic E-state index is 6.19. The largest absolute Gasteiger partial charge is 0.398 e. The lowest BCUT2D eigenvalue weighted by atomic mass is 10.0. The minimum atomic E-state index is 0.813. The first kappa shape index (κ1) is 13.6. The molecule has 0 radical (unpaired) electrons. The van der Waals surface area contributed by atoms with E-state index < -0.39 is 0 Å². The molecule has 2 N–H and O–H groups in total. The number of benzene rings is 2. The van der Waals surface area contributed by atoms with Crippen LogP contribution in [0, 0.1) is 0 Å². The maximum atomic E-state index is 6.19. The van der Waals surface area contributed by atoms with Gasteiger partial charge >= 0.3 is 0 Å². The Morgan fingerprint density at radius 2 is 1.67 bits per heavy atom. The first-order valence-corrected chi connectivity index (χ1v) is 7.08. The van der Waals surface area contributed by atoms with Gasteiger partial charge in [0.25, 0.3) is 0 Å². The molecular formula is C18H19N3. The lowest BCUT2D eigenvalue weighted by Gasteiger charge is -2.18. The fraction of sp³-hybridized carbons (Fsp3) is 0.167. The molecule has 0 fully saturated rings. The average molecular weight is 277 g/mol. The third kappa shape index (κ3) is 3.20. The second-order valence-corrected chi connectivity index (χ2v) is 5.39. The van der Waals surface area contributed by atoms with Gasteiger partial charge in [-0.2, -0.15) is 0 Å². The Morgan fingerprint density at radius 1 is 0.952 bits per heavy atom. The number of aromatic nitrogens is 1. The predicted octanol–water partition coefficient (Wildman–Crippen LogP) is 3.45. The summed E-state index contributed by atoms with van der Waals surface area (Å²) in [6.45, 7) is 1.63. The van der Waals surface area contributed by atoms with Gasteiger partial charge < -0.3 is 5.73 Å². The summed E-state index contributed by atoms with van der Waals surface area (Å²) < 4.78 is 0. The van der Waals surface area contributed by atoms with E-state index in [0.29, 0.717) is 0 Å². The van der Waals surface area contributed by atoms with Crippen LogP contribution in [0.4, 0.5) is 5.69 Å². The summed E-state index contributed by atoms with van der Waals surface area (Å²) in [5.74, 6) is 0. The van der Waals surface area contributed by atoms with Gasteiger partial charge in [0.05, 0.1) is 5.69 Å². The van der Waals surface area contributed by atoms with Crippen molar-refractivity contribution in [1.82, 2.24) is 9.88 Å². The highest BCUT2D eigenvalue weighted by atomic mass is 15.1. The van der Waals surface area contributed by atoms with Crippen LogP contribution in [0.25, 0.3) is 10.8 Å². The molecule has 0 bridgehead atoms. The first-order chi connectivity index (χ1) is 10.2. The zero-order valence-corrected chi connectivity index (χ0v) is 12.2. The topological polar surface area (TPSA) is 42.2 Å². The molecule has 0 aliphatic rings. The number of anilines is 1. The number of pyridine rings is 1. The molecule has 0 saturated heterocycles. The smallest absolute Gasteiger partial charge is 0.0543 e. The van der Waals surface area contributed by atoms with Crippen LogP contribution in [-0.4, -0.2) is 16.9 Å². The van der Waals surface area contributed by atoms with Crippen LogP contribution >= 0.6 is 0 Å². The molecule has 3 rings (SSSR count). The SMILES string of the molecule is CN(Cc1ccccn1)Cc1cc2ccccc2cc1N. The molecule has 0 spiro atoms. The van der Waals surface area contributed by atoms with E-state index in [1.165, 1.54) is 10.8 Å². The van der Waals surface area contributed by atoms with Crippen molar-refractivity contribution < 1.29 is 0 Å². The number of hydrogen-bond acceptors (Lipinski definition) is 3. The van der Waals surface area contributed by atoms with Crippen molar-refractivity contribution in [1.29, 1.82) is 0 Å². The fourth-order valence-corrected chi connectivity index (χ4v) is 2.56. The minimum Gasteiger partial charge on any atom is -0.398 e. The normalized spacial score (nSPS) is 11.1. The monoisotopic (exact) mass is 277 g/mol. The van der Waals surface area contributed by atoms with Crippen LogP contribution in [0.1, 0.15) is 11.3 Å². The lowest BCUT2D eigenvalue weighted by molar-refractivity contribution is 0.316. The standard InChI is InChI=1S/C18H19N3/c1-21(13-17-8-4-5-9-20-17)12-16-10-14-6-2-3-7-15(14)11-18(16)19/h2-11H,12-13,19H2,1H3. The molecule has 3 aromatic rings. The summed E-state index contributed by atoms with van der Waals surface area (Å²) in [5, 5.41) is 2.42. The Labute approximate surface area is 125 Å². The van der Waals surface area contributed by atoms with Crippen LogP contribution < -0.4 is 5.73 Å². The van der Waals surface area contributed by atoms with Crippen LogP contribution in [-0.2, 0) is 13.1 Å². The van der Waals surface area contributed by atoms with E-state index in [4.69, 9.17) is 5.73 Å². The van der Waals surface area contributed by atoms with Gasteiger partial charge in [0.15, 0.2) is 0 Å². The van der Waals surface area contributed by atoms with Crippen molar-refractivity contribution >= 4 is 16.5 Å². The summed E-state index contributed by atoms with van der Waals surface area (Å²) in [6, 6.07) is 18.5. The highest BCUT2D eigenvalue weighted by Crippen LogP contribution is 2.23. The molecule has 0 saturated carbocycles. The minimum absolute atomic E-state index is 0.813. The molecule has 3 heteroatoms. The van der Waals surface area contributed by atoms with E-state index in [9.17, 15) is 0 Å². The van der Waals surface area contributed by atoms with Crippen LogP contribution in [0.2, 0.25) is 0 Å². The van der Waals surface area contributed by atoms with Gasteiger partial charge in [0.1, 0.15) is 0 Å². The zero-order chi connectivity index (χ0) is 14.7. The van der Waals surface area contributed by atoms with E-state index in [1.807, 2.05) is 30.5 Å². The van der Waals surface area contributed by atoms with Gasteiger partial charge in [-0.05, 0) is 47.6 Å². The van der Waals surface area contributed by atoms with Crippen molar-refractivity contribution in [2.45, 2.75) is 13.1 Å². The molecular weight excluding hydrogens is 258 g/mol. The highest BCUT2D eigenvalue weighted by molar-refractivity contribution is 5.86. The van der Waals surface area contributed by atoms with Gasteiger partial charge in [0, 0.05) is 25.0 Å². The molecule has 0 aliphatic heterocycles. The Kier molecular flexibility index (Phi) is 3.84. The number of fused-ring (bicyclic) bond motifs is 1. The molecule has 0 amide bonds. The highest BCUT2D eigenvalue weighted by Gasteiger charge is 2.07. The number of nitrogen functional groups attached to an aromatic ring is 1. The van der Waals surface area contributed by atoms with E-state index in [0.717, 1.165) is 30.0 Å². The Morgan fingerprint density at radius 3 is 2.38 bits per heavy atom. The summed E-state index contributed by atoms with van der Waals surface area (Å²) in [6.07, 6.45) is 1.83. The predicted molar refractivity (Wildman–Crippen MR) is 87.8 cm³/mol. The third-order valence-electron chi connectivity index (χ3n) is 3.61. The van der Waals surface area contributed by atoms with Crippen LogP contribution in [0.15, 0.2) is 60.8 Å². The molecule has 21 heavy (non-hydrogen) atoms. The first-order valence-electron chi connectivity index (χ1n) is 7.08. The van der Waals surface area contributed by atoms with Crippen LogP contribution in [0.3, 0.4) is 0 Å². The second kappa shape index (κ2) is 5.94. The van der Waals surface area contributed by atoms with E-state index in [2.05, 4.69) is 47.3 Å². The molecule has 1 heterocycles. The maximum Gasteiger partial charge on any atom is 0.0543 e. The van der Waals surface area contributed by atoms with Gasteiger partial charge in [-0.25, -0.2) is 0 Å². The molecule has 0 unspecified atom stereocenters. The second-order valence-electron chi connectivity index (χ2n) is 5.39. The number of hydrogen-bond donors (Lipinski definition) is 1. The summed E-state index contributed by atoms with van der Waals surface area (Å²) >= 11 is 0. The molecule has 1 aromatic heterocycles. The molecule has 0 atom stereocenters. The van der Waals surface area contributed by atoms with Crippen molar-refractivity contribution in [2.24, 2.45) is 0 Å². The summed E-state index contributed by atoms with van der Waals surface area (Å²) in [4.78, 5) is 6.58. The molecule has 3 nitrogen and oxygen atoms in total. The van der Waals surface area contributed by atoms with Crippen LogP contribution in [0.5, 0.6) is 0 Å².